The van der Waals surface area contributed by atoms with E-state index in [1.165, 1.54) is 12.1 Å². The fourth-order valence-electron chi connectivity index (χ4n) is 2.27. The lowest BCUT2D eigenvalue weighted by atomic mass is 10.2. The molecule has 0 radical (unpaired) electrons. The number of ether oxygens (including phenoxy) is 1. The van der Waals surface area contributed by atoms with Gasteiger partial charge in [0.25, 0.3) is 5.56 Å². The molecule has 3 N–H and O–H groups in total. The van der Waals surface area contributed by atoms with Gasteiger partial charge in [-0.1, -0.05) is 5.16 Å². The quantitative estimate of drug-likeness (QED) is 0.244. The van der Waals surface area contributed by atoms with E-state index in [2.05, 4.69) is 14.9 Å². The fraction of sp³-hybridized carbons (Fsp3) is 0.312. The summed E-state index contributed by atoms with van der Waals surface area (Å²) in [6, 6.07) is 5.47. The predicted octanol–water partition coefficient (Wildman–Crippen LogP) is 2.76. The second-order valence-electron chi connectivity index (χ2n) is 5.73. The molecule has 0 aliphatic carbocycles. The van der Waals surface area contributed by atoms with Crippen LogP contribution in [0.15, 0.2) is 40.3 Å². The molecule has 1 aromatic carbocycles. The van der Waals surface area contributed by atoms with Crippen molar-refractivity contribution in [2.75, 3.05) is 6.61 Å². The zero-order chi connectivity index (χ0) is 21.8. The second-order valence-corrected chi connectivity index (χ2v) is 5.73. The molecule has 0 aliphatic rings. The van der Waals surface area contributed by atoms with Gasteiger partial charge in [0.2, 0.25) is 0 Å². The van der Waals surface area contributed by atoms with Crippen molar-refractivity contribution < 1.29 is 36.3 Å². The van der Waals surface area contributed by atoms with Crippen LogP contribution in [0, 0.1) is 0 Å². The summed E-state index contributed by atoms with van der Waals surface area (Å²) in [5.41, 5.74) is 4.24. The standard InChI is InChI=1S/C16H14F6N4O3/c17-15(18,19)6-5-12-24-11(14(23)25-28)7-13(27)26(12)9-1-3-10(4-2-9)29-8-16(20,21)22/h1-4,7,28H,5-6,8H2,(H2,23,25). The van der Waals surface area contributed by atoms with Crippen LogP contribution in [0.2, 0.25) is 0 Å². The molecule has 0 fully saturated rings. The summed E-state index contributed by atoms with van der Waals surface area (Å²) in [7, 11) is 0. The zero-order valence-corrected chi connectivity index (χ0v) is 14.5. The first-order chi connectivity index (χ1) is 13.4. The normalized spacial score (nSPS) is 12.8. The van der Waals surface area contributed by atoms with Crippen molar-refractivity contribution in [1.82, 2.24) is 9.55 Å². The van der Waals surface area contributed by atoms with Crippen LogP contribution in [-0.2, 0) is 6.42 Å². The van der Waals surface area contributed by atoms with Crippen LogP contribution in [-0.4, -0.2) is 39.6 Å². The molecule has 0 saturated carbocycles. The van der Waals surface area contributed by atoms with Gasteiger partial charge in [0.1, 0.15) is 17.3 Å². The molecule has 29 heavy (non-hydrogen) atoms. The van der Waals surface area contributed by atoms with E-state index in [4.69, 9.17) is 10.9 Å². The minimum Gasteiger partial charge on any atom is -0.484 e. The largest absolute Gasteiger partial charge is 0.484 e. The molecule has 2 aromatic rings. The Hall–Kier alpha value is -3.25. The molecule has 0 amide bonds. The first-order valence-corrected chi connectivity index (χ1v) is 7.87. The maximum atomic E-state index is 12.6. The van der Waals surface area contributed by atoms with Gasteiger partial charge >= 0.3 is 12.4 Å². The number of benzene rings is 1. The maximum Gasteiger partial charge on any atom is 0.422 e. The van der Waals surface area contributed by atoms with E-state index in [0.29, 0.717) is 0 Å². The summed E-state index contributed by atoms with van der Waals surface area (Å²) in [5.74, 6) is -1.06. The van der Waals surface area contributed by atoms with E-state index in [0.717, 1.165) is 22.8 Å². The molecule has 0 saturated heterocycles. The number of oxime groups is 1. The van der Waals surface area contributed by atoms with Gasteiger partial charge in [-0.25, -0.2) is 4.98 Å². The Labute approximate surface area is 159 Å². The van der Waals surface area contributed by atoms with Crippen molar-refractivity contribution in [3.63, 3.8) is 0 Å². The van der Waals surface area contributed by atoms with Gasteiger partial charge in [-0.3, -0.25) is 9.36 Å². The Morgan fingerprint density at radius 3 is 2.28 bits per heavy atom. The molecule has 0 atom stereocenters. The number of hydrogen-bond acceptors (Lipinski definition) is 5. The second kappa shape index (κ2) is 8.41. The Kier molecular flexibility index (Phi) is 6.39. The third-order valence-electron chi connectivity index (χ3n) is 3.49. The molecule has 158 valence electrons. The number of rotatable bonds is 6. The highest BCUT2D eigenvalue weighted by Crippen LogP contribution is 2.23. The zero-order valence-electron chi connectivity index (χ0n) is 14.5. The summed E-state index contributed by atoms with van der Waals surface area (Å²) >= 11 is 0. The van der Waals surface area contributed by atoms with Gasteiger partial charge < -0.3 is 15.7 Å². The van der Waals surface area contributed by atoms with Crippen LogP contribution in [0.4, 0.5) is 26.3 Å². The number of nitrogens with zero attached hydrogens (tertiary/aromatic N) is 3. The van der Waals surface area contributed by atoms with E-state index in [1.54, 1.807) is 0 Å². The van der Waals surface area contributed by atoms with Crippen molar-refractivity contribution in [3.8, 4) is 11.4 Å². The molecule has 1 aromatic heterocycles. The average Bonchev–Trinajstić information content (AvgIpc) is 2.63. The topological polar surface area (TPSA) is 103 Å². The van der Waals surface area contributed by atoms with E-state index >= 15 is 0 Å². The monoisotopic (exact) mass is 424 g/mol. The van der Waals surface area contributed by atoms with Gasteiger partial charge in [0, 0.05) is 12.5 Å². The van der Waals surface area contributed by atoms with Crippen molar-refractivity contribution in [2.24, 2.45) is 10.9 Å². The lowest BCUT2D eigenvalue weighted by molar-refractivity contribution is -0.153. The van der Waals surface area contributed by atoms with Gasteiger partial charge in [0.15, 0.2) is 12.4 Å². The van der Waals surface area contributed by atoms with Gasteiger partial charge in [-0.15, -0.1) is 0 Å². The highest BCUT2D eigenvalue weighted by atomic mass is 19.4. The van der Waals surface area contributed by atoms with Crippen LogP contribution >= 0.6 is 0 Å². The number of amidine groups is 1. The van der Waals surface area contributed by atoms with Crippen molar-refractivity contribution >= 4 is 5.84 Å². The highest BCUT2D eigenvalue weighted by molar-refractivity contribution is 5.95. The van der Waals surface area contributed by atoms with Crippen LogP contribution < -0.4 is 16.0 Å². The summed E-state index contributed by atoms with van der Waals surface area (Å²) in [5, 5.41) is 11.4. The number of aryl methyl sites for hydroxylation is 1. The Balaban J connectivity index is 2.43. The third-order valence-corrected chi connectivity index (χ3v) is 3.49. The molecule has 0 aliphatic heterocycles. The molecule has 1 heterocycles. The van der Waals surface area contributed by atoms with Gasteiger partial charge in [0.05, 0.1) is 12.1 Å². The maximum absolute atomic E-state index is 12.6. The number of nitrogens with two attached hydrogens (primary N) is 1. The van der Waals surface area contributed by atoms with Crippen LogP contribution in [0.3, 0.4) is 0 Å². The number of halogens is 6. The first kappa shape index (κ1) is 22.0. The van der Waals surface area contributed by atoms with Crippen LogP contribution in [0.1, 0.15) is 17.9 Å². The summed E-state index contributed by atoms with van der Waals surface area (Å²) < 4.78 is 79.8. The molecular weight excluding hydrogens is 410 g/mol. The van der Waals surface area contributed by atoms with E-state index in [1.807, 2.05) is 0 Å². The SMILES string of the molecule is NC(=NO)c1cc(=O)n(-c2ccc(OCC(F)(F)F)cc2)c(CCC(F)(F)F)n1. The van der Waals surface area contributed by atoms with Gasteiger partial charge in [-0.2, -0.15) is 26.3 Å². The predicted molar refractivity (Wildman–Crippen MR) is 88.3 cm³/mol. The number of alkyl halides is 6. The minimum atomic E-state index is -4.55. The molecule has 0 unspecified atom stereocenters. The Bertz CT molecular complexity index is 936. The highest BCUT2D eigenvalue weighted by Gasteiger charge is 2.29. The van der Waals surface area contributed by atoms with Gasteiger partial charge in [-0.05, 0) is 24.3 Å². The third kappa shape index (κ3) is 6.40. The molecule has 7 nitrogen and oxygen atoms in total. The summed E-state index contributed by atoms with van der Waals surface area (Å²) in [6.07, 6.45) is -11.1. The Morgan fingerprint density at radius 1 is 1.14 bits per heavy atom. The van der Waals surface area contributed by atoms with E-state index in [-0.39, 0.29) is 23.0 Å². The van der Waals surface area contributed by atoms with E-state index in [9.17, 15) is 31.1 Å². The first-order valence-electron chi connectivity index (χ1n) is 7.87. The van der Waals surface area contributed by atoms with Crippen LogP contribution in [0.25, 0.3) is 5.69 Å². The van der Waals surface area contributed by atoms with Crippen molar-refractivity contribution in [1.29, 1.82) is 0 Å². The minimum absolute atomic E-state index is 0.0464. The summed E-state index contributed by atoms with van der Waals surface area (Å²) in [6.45, 7) is -1.53. The lowest BCUT2D eigenvalue weighted by Crippen LogP contribution is -2.28. The van der Waals surface area contributed by atoms with Crippen molar-refractivity contribution in [3.05, 3.63) is 52.2 Å². The molecule has 2 rings (SSSR count). The molecule has 13 heteroatoms. The summed E-state index contributed by atoms with van der Waals surface area (Å²) in [4.78, 5) is 16.3. The smallest absolute Gasteiger partial charge is 0.422 e. The lowest BCUT2D eigenvalue weighted by Gasteiger charge is -2.15. The average molecular weight is 424 g/mol. The number of hydrogen-bond donors (Lipinski definition) is 2. The fourth-order valence-corrected chi connectivity index (χ4v) is 2.27. The number of aromatic nitrogens is 2. The van der Waals surface area contributed by atoms with Crippen molar-refractivity contribution in [2.45, 2.75) is 25.2 Å². The van der Waals surface area contributed by atoms with Crippen LogP contribution in [0.5, 0.6) is 5.75 Å². The molecule has 0 bridgehead atoms. The van der Waals surface area contributed by atoms with E-state index < -0.39 is 43.2 Å². The molecular formula is C16H14F6N4O3. The molecule has 0 spiro atoms. The Morgan fingerprint density at radius 2 is 1.76 bits per heavy atom.